The molecule has 0 unspecified atom stereocenters. The summed E-state index contributed by atoms with van der Waals surface area (Å²) >= 11 is 7.47. The van der Waals surface area contributed by atoms with Gasteiger partial charge in [-0.1, -0.05) is 42.0 Å². The number of thiophene rings is 1. The second-order valence-electron chi connectivity index (χ2n) is 7.85. The number of nitrogens with one attached hydrogen (secondary N) is 2. The van der Waals surface area contributed by atoms with Crippen molar-refractivity contribution in [1.29, 1.82) is 0 Å². The van der Waals surface area contributed by atoms with Crippen LogP contribution in [0.25, 0.3) is 10.9 Å². The molecule has 2 aromatic heterocycles. The Morgan fingerprint density at radius 3 is 2.61 bits per heavy atom. The summed E-state index contributed by atoms with van der Waals surface area (Å²) in [5.41, 5.74) is 5.89. The fourth-order valence-electron chi connectivity index (χ4n) is 3.69. The largest absolute Gasteiger partial charge is 0.339 e. The maximum Gasteiger partial charge on any atom is 0.253 e. The van der Waals surface area contributed by atoms with Crippen LogP contribution in [0, 0.1) is 20.8 Å². The summed E-state index contributed by atoms with van der Waals surface area (Å²) in [6.45, 7) is 7.21. The molecule has 4 aromatic rings. The third-order valence-electron chi connectivity index (χ3n) is 5.36. The predicted molar refractivity (Wildman–Crippen MR) is 135 cm³/mol. The minimum Gasteiger partial charge on any atom is -0.339 e. The molecule has 0 aliphatic carbocycles. The highest BCUT2D eigenvalue weighted by Gasteiger charge is 2.16. The molecule has 0 saturated carbocycles. The van der Waals surface area contributed by atoms with Crippen molar-refractivity contribution < 1.29 is 0 Å². The van der Waals surface area contributed by atoms with E-state index in [1.165, 1.54) is 10.4 Å². The zero-order valence-corrected chi connectivity index (χ0v) is 19.5. The molecular weight excluding hydrogens is 422 g/mol. The van der Waals surface area contributed by atoms with Gasteiger partial charge in [-0.3, -0.25) is 4.79 Å². The van der Waals surface area contributed by atoms with Crippen LogP contribution in [0.3, 0.4) is 0 Å². The van der Waals surface area contributed by atoms with Gasteiger partial charge in [0.05, 0.1) is 18.6 Å². The van der Waals surface area contributed by atoms with E-state index in [1.807, 2.05) is 48.2 Å². The number of thiocarbonyl (C=S) groups is 1. The van der Waals surface area contributed by atoms with Gasteiger partial charge in [0.15, 0.2) is 5.11 Å². The predicted octanol–water partition coefficient (Wildman–Crippen LogP) is 5.91. The first kappa shape index (κ1) is 21.3. The summed E-state index contributed by atoms with van der Waals surface area (Å²) in [4.78, 5) is 19.1. The lowest BCUT2D eigenvalue weighted by Crippen LogP contribution is -2.35. The molecule has 2 heterocycles. The molecule has 0 aliphatic rings. The molecule has 0 radical (unpaired) electrons. The van der Waals surface area contributed by atoms with Crippen molar-refractivity contribution in [2.24, 2.45) is 0 Å². The smallest absolute Gasteiger partial charge is 0.253 e. The van der Waals surface area contributed by atoms with Gasteiger partial charge in [-0.25, -0.2) is 0 Å². The summed E-state index contributed by atoms with van der Waals surface area (Å²) in [5.74, 6) is 0. The van der Waals surface area contributed by atoms with E-state index < -0.39 is 0 Å². The van der Waals surface area contributed by atoms with Gasteiger partial charge in [0.25, 0.3) is 5.56 Å². The topological polar surface area (TPSA) is 48.1 Å². The highest BCUT2D eigenvalue weighted by atomic mass is 32.1. The van der Waals surface area contributed by atoms with Crippen LogP contribution in [-0.2, 0) is 13.1 Å². The molecule has 2 aromatic carbocycles. The zero-order chi connectivity index (χ0) is 22.0. The standard InChI is InChI=1S/C25H25N3OS2/c1-16-9-10-22(18(3)12-16)26-25(30)28(15-21-8-5-11-31-21)14-20-13-19-7-4-6-17(2)23(19)27-24(20)29/h4-13H,14-15H2,1-3H3,(H,26,30)(H,27,29). The summed E-state index contributed by atoms with van der Waals surface area (Å²) in [7, 11) is 0. The highest BCUT2D eigenvalue weighted by Crippen LogP contribution is 2.21. The fourth-order valence-corrected chi connectivity index (χ4v) is 4.65. The SMILES string of the molecule is Cc1ccc(NC(=S)N(Cc2cccs2)Cc2cc3cccc(C)c3[nH]c2=O)c(C)c1. The number of aryl methyl sites for hydroxylation is 3. The number of fused-ring (bicyclic) bond motifs is 1. The van der Waals surface area contributed by atoms with Crippen LogP contribution in [0.2, 0.25) is 0 Å². The molecule has 0 spiro atoms. The molecule has 31 heavy (non-hydrogen) atoms. The van der Waals surface area contributed by atoms with Crippen molar-refractivity contribution in [2.75, 3.05) is 5.32 Å². The first-order chi connectivity index (χ1) is 14.9. The number of hydrogen-bond donors (Lipinski definition) is 2. The van der Waals surface area contributed by atoms with Crippen LogP contribution in [0.5, 0.6) is 0 Å². The summed E-state index contributed by atoms with van der Waals surface area (Å²) in [5, 5.41) is 7.07. The molecule has 4 rings (SSSR count). The molecule has 0 amide bonds. The van der Waals surface area contributed by atoms with Gasteiger partial charge in [0.1, 0.15) is 0 Å². The van der Waals surface area contributed by atoms with E-state index >= 15 is 0 Å². The quantitative estimate of drug-likeness (QED) is 0.373. The van der Waals surface area contributed by atoms with E-state index in [0.29, 0.717) is 23.8 Å². The van der Waals surface area contributed by atoms with Crippen LogP contribution in [0.15, 0.2) is 64.8 Å². The molecule has 0 fully saturated rings. The number of nitrogens with zero attached hydrogens (tertiary/aromatic N) is 1. The number of hydrogen-bond acceptors (Lipinski definition) is 3. The third kappa shape index (κ3) is 4.86. The molecule has 0 saturated heterocycles. The Morgan fingerprint density at radius 2 is 1.87 bits per heavy atom. The number of anilines is 1. The number of benzene rings is 2. The minimum absolute atomic E-state index is 0.0766. The number of pyridine rings is 1. The van der Waals surface area contributed by atoms with Crippen LogP contribution < -0.4 is 10.9 Å². The number of para-hydroxylation sites is 1. The third-order valence-corrected chi connectivity index (χ3v) is 6.59. The second-order valence-corrected chi connectivity index (χ2v) is 9.27. The summed E-state index contributed by atoms with van der Waals surface area (Å²) in [6, 6.07) is 18.4. The van der Waals surface area contributed by atoms with Crippen LogP contribution in [0.1, 0.15) is 27.1 Å². The highest BCUT2D eigenvalue weighted by molar-refractivity contribution is 7.80. The second kappa shape index (κ2) is 9.04. The normalized spacial score (nSPS) is 10.9. The van der Waals surface area contributed by atoms with Crippen LogP contribution >= 0.6 is 23.6 Å². The van der Waals surface area contributed by atoms with Gasteiger partial charge in [-0.05, 0) is 73.1 Å². The first-order valence-electron chi connectivity index (χ1n) is 10.2. The van der Waals surface area contributed by atoms with Crippen molar-refractivity contribution in [1.82, 2.24) is 9.88 Å². The Balaban J connectivity index is 1.65. The Morgan fingerprint density at radius 1 is 1.03 bits per heavy atom. The van der Waals surface area contributed by atoms with E-state index in [4.69, 9.17) is 12.2 Å². The van der Waals surface area contributed by atoms with Gasteiger partial charge in [0, 0.05) is 16.1 Å². The van der Waals surface area contributed by atoms with Gasteiger partial charge in [0.2, 0.25) is 0 Å². The van der Waals surface area contributed by atoms with E-state index in [9.17, 15) is 4.79 Å². The minimum atomic E-state index is -0.0766. The van der Waals surface area contributed by atoms with E-state index in [2.05, 4.69) is 47.7 Å². The lowest BCUT2D eigenvalue weighted by molar-refractivity contribution is 0.415. The van der Waals surface area contributed by atoms with Gasteiger partial charge < -0.3 is 15.2 Å². The molecule has 0 bridgehead atoms. The van der Waals surface area contributed by atoms with Crippen molar-refractivity contribution in [3.63, 3.8) is 0 Å². The first-order valence-corrected chi connectivity index (χ1v) is 11.5. The number of aromatic nitrogens is 1. The number of H-pyrrole nitrogens is 1. The monoisotopic (exact) mass is 447 g/mol. The van der Waals surface area contributed by atoms with Crippen LogP contribution in [-0.4, -0.2) is 15.0 Å². The van der Waals surface area contributed by atoms with Gasteiger partial charge >= 0.3 is 0 Å². The molecular formula is C25H25N3OS2. The molecule has 4 nitrogen and oxygen atoms in total. The lowest BCUT2D eigenvalue weighted by Gasteiger charge is -2.26. The molecule has 2 N–H and O–H groups in total. The molecule has 0 atom stereocenters. The van der Waals surface area contributed by atoms with Crippen molar-refractivity contribution in [3.05, 3.63) is 97.5 Å². The summed E-state index contributed by atoms with van der Waals surface area (Å²) in [6.07, 6.45) is 0. The van der Waals surface area contributed by atoms with Gasteiger partial charge in [-0.15, -0.1) is 11.3 Å². The molecule has 6 heteroatoms. The average molecular weight is 448 g/mol. The number of aromatic amines is 1. The molecule has 158 valence electrons. The maximum atomic E-state index is 12.9. The molecule has 0 aliphatic heterocycles. The Bertz CT molecular complexity index is 1290. The lowest BCUT2D eigenvalue weighted by atomic mass is 10.1. The number of rotatable bonds is 5. The van der Waals surface area contributed by atoms with Crippen molar-refractivity contribution in [2.45, 2.75) is 33.9 Å². The van der Waals surface area contributed by atoms with E-state index in [-0.39, 0.29) is 5.56 Å². The van der Waals surface area contributed by atoms with Gasteiger partial charge in [-0.2, -0.15) is 0 Å². The average Bonchev–Trinajstić information content (AvgIpc) is 3.24. The zero-order valence-electron chi connectivity index (χ0n) is 17.9. The van der Waals surface area contributed by atoms with Crippen LogP contribution in [0.4, 0.5) is 5.69 Å². The summed E-state index contributed by atoms with van der Waals surface area (Å²) < 4.78 is 0. The van der Waals surface area contributed by atoms with Crippen molar-refractivity contribution in [3.8, 4) is 0 Å². The Kier molecular flexibility index (Phi) is 6.20. The maximum absolute atomic E-state index is 12.9. The Labute approximate surface area is 191 Å². The van der Waals surface area contributed by atoms with E-state index in [1.54, 1.807) is 11.3 Å². The van der Waals surface area contributed by atoms with Crippen molar-refractivity contribution >= 4 is 45.3 Å². The Hall–Kier alpha value is -2.96. The fraction of sp³-hybridized carbons (Fsp3) is 0.200. The van der Waals surface area contributed by atoms with E-state index in [0.717, 1.165) is 27.7 Å².